The van der Waals surface area contributed by atoms with Gasteiger partial charge in [-0.15, -0.1) is 0 Å². The van der Waals surface area contributed by atoms with Gasteiger partial charge in [-0.3, -0.25) is 4.79 Å². The Balaban J connectivity index is 2.10. The fourth-order valence-electron chi connectivity index (χ4n) is 2.38. The smallest absolute Gasteiger partial charge is 0.310 e. The maximum absolute atomic E-state index is 11.8. The van der Waals surface area contributed by atoms with Gasteiger partial charge >= 0.3 is 5.97 Å². The van der Waals surface area contributed by atoms with Gasteiger partial charge < -0.3 is 9.64 Å². The molecule has 104 valence electrons. The summed E-state index contributed by atoms with van der Waals surface area (Å²) in [6.07, 6.45) is 3.75. The van der Waals surface area contributed by atoms with E-state index in [1.165, 1.54) is 0 Å². The topological polar surface area (TPSA) is 42.4 Å². The fraction of sp³-hybridized carbons (Fsp3) is 0.571. The molecule has 0 bridgehead atoms. The highest BCUT2D eigenvalue weighted by Gasteiger charge is 2.28. The number of carbonyl (C=O) groups is 1. The van der Waals surface area contributed by atoms with Crippen molar-refractivity contribution in [3.8, 4) is 0 Å². The van der Waals surface area contributed by atoms with Crippen molar-refractivity contribution in [2.75, 3.05) is 24.6 Å². The second-order valence-electron chi connectivity index (χ2n) is 4.86. The Morgan fingerprint density at radius 2 is 2.42 bits per heavy atom. The second-order valence-corrected chi connectivity index (χ2v) is 5.71. The number of ether oxygens (including phenoxy) is 1. The Bertz CT molecular complexity index is 465. The second kappa shape index (κ2) is 6.37. The van der Waals surface area contributed by atoms with Gasteiger partial charge in [0.2, 0.25) is 0 Å². The molecule has 0 aromatic carbocycles. The summed E-state index contributed by atoms with van der Waals surface area (Å²) in [6.45, 7) is 5.93. The van der Waals surface area contributed by atoms with E-state index in [-0.39, 0.29) is 11.9 Å². The van der Waals surface area contributed by atoms with Crippen LogP contribution in [0.15, 0.2) is 16.7 Å². The van der Waals surface area contributed by atoms with E-state index in [0.717, 1.165) is 35.2 Å². The molecular formula is C14H19BrN2O2. The van der Waals surface area contributed by atoms with E-state index in [9.17, 15) is 4.79 Å². The third kappa shape index (κ3) is 3.47. The van der Waals surface area contributed by atoms with Crippen LogP contribution in [0, 0.1) is 12.8 Å². The van der Waals surface area contributed by atoms with Gasteiger partial charge in [-0.2, -0.15) is 0 Å². The SMILES string of the molecule is CCOC(=O)C1CCCN(c2ncc(C)cc2Br)C1. The molecule has 0 amide bonds. The van der Waals surface area contributed by atoms with Crippen LogP contribution in [-0.4, -0.2) is 30.6 Å². The molecule has 0 radical (unpaired) electrons. The third-order valence-corrected chi connectivity index (χ3v) is 3.88. The molecule has 1 aromatic heterocycles. The predicted octanol–water partition coefficient (Wildman–Crippen LogP) is 2.93. The monoisotopic (exact) mass is 326 g/mol. The van der Waals surface area contributed by atoms with E-state index in [1.54, 1.807) is 0 Å². The van der Waals surface area contributed by atoms with Gasteiger partial charge in [0.05, 0.1) is 17.0 Å². The molecule has 0 aliphatic carbocycles. The highest BCUT2D eigenvalue weighted by molar-refractivity contribution is 9.10. The Morgan fingerprint density at radius 1 is 1.63 bits per heavy atom. The summed E-state index contributed by atoms with van der Waals surface area (Å²) < 4.78 is 6.10. The number of carbonyl (C=O) groups excluding carboxylic acids is 1. The maximum Gasteiger partial charge on any atom is 0.310 e. The van der Waals surface area contributed by atoms with E-state index in [1.807, 2.05) is 20.0 Å². The van der Waals surface area contributed by atoms with Crippen LogP contribution >= 0.6 is 15.9 Å². The highest BCUT2D eigenvalue weighted by Crippen LogP contribution is 2.29. The first-order valence-corrected chi connectivity index (χ1v) is 7.45. The maximum atomic E-state index is 11.8. The number of hydrogen-bond donors (Lipinski definition) is 0. The zero-order valence-electron chi connectivity index (χ0n) is 11.4. The predicted molar refractivity (Wildman–Crippen MR) is 78.2 cm³/mol. The van der Waals surface area contributed by atoms with E-state index in [4.69, 9.17) is 4.74 Å². The molecular weight excluding hydrogens is 308 g/mol. The number of anilines is 1. The first-order chi connectivity index (χ1) is 9.11. The molecule has 1 aliphatic heterocycles. The van der Waals surface area contributed by atoms with Crippen molar-refractivity contribution >= 4 is 27.7 Å². The number of rotatable bonds is 3. The lowest BCUT2D eigenvalue weighted by Gasteiger charge is -2.32. The summed E-state index contributed by atoms with van der Waals surface area (Å²) in [6, 6.07) is 2.05. The molecule has 2 rings (SSSR count). The van der Waals surface area contributed by atoms with Gasteiger partial charge in [0.15, 0.2) is 0 Å². The van der Waals surface area contributed by atoms with Crippen LogP contribution in [0.2, 0.25) is 0 Å². The molecule has 1 unspecified atom stereocenters. The Hall–Kier alpha value is -1.10. The molecule has 0 N–H and O–H groups in total. The van der Waals surface area contributed by atoms with Crippen molar-refractivity contribution < 1.29 is 9.53 Å². The molecule has 1 atom stereocenters. The van der Waals surface area contributed by atoms with Crippen LogP contribution < -0.4 is 4.90 Å². The summed E-state index contributed by atoms with van der Waals surface area (Å²) >= 11 is 3.55. The van der Waals surface area contributed by atoms with Gasteiger partial charge in [-0.05, 0) is 54.2 Å². The number of piperidine rings is 1. The zero-order valence-corrected chi connectivity index (χ0v) is 12.9. The summed E-state index contributed by atoms with van der Waals surface area (Å²) in [7, 11) is 0. The van der Waals surface area contributed by atoms with Gasteiger partial charge in [0.1, 0.15) is 5.82 Å². The average molecular weight is 327 g/mol. The summed E-state index contributed by atoms with van der Waals surface area (Å²) in [4.78, 5) is 18.5. The van der Waals surface area contributed by atoms with Gasteiger partial charge in [-0.1, -0.05) is 0 Å². The number of pyridine rings is 1. The van der Waals surface area contributed by atoms with Crippen LogP contribution in [0.1, 0.15) is 25.3 Å². The highest BCUT2D eigenvalue weighted by atomic mass is 79.9. The van der Waals surface area contributed by atoms with Crippen molar-refractivity contribution in [2.24, 2.45) is 5.92 Å². The molecule has 0 saturated carbocycles. The first-order valence-electron chi connectivity index (χ1n) is 6.65. The molecule has 4 nitrogen and oxygen atoms in total. The summed E-state index contributed by atoms with van der Waals surface area (Å²) in [5.41, 5.74) is 1.12. The Kier molecular flexibility index (Phi) is 4.80. The lowest BCUT2D eigenvalue weighted by Crippen LogP contribution is -2.40. The largest absolute Gasteiger partial charge is 0.466 e. The number of nitrogens with zero attached hydrogens (tertiary/aromatic N) is 2. The van der Waals surface area contributed by atoms with Gasteiger partial charge in [-0.25, -0.2) is 4.98 Å². The summed E-state index contributed by atoms with van der Waals surface area (Å²) in [5, 5.41) is 0. The van der Waals surface area contributed by atoms with Crippen molar-refractivity contribution in [3.63, 3.8) is 0 Å². The van der Waals surface area contributed by atoms with E-state index in [2.05, 4.69) is 31.9 Å². The van der Waals surface area contributed by atoms with Crippen molar-refractivity contribution in [1.29, 1.82) is 0 Å². The average Bonchev–Trinajstić information content (AvgIpc) is 2.39. The molecule has 1 aliphatic rings. The van der Waals surface area contributed by atoms with Gasteiger partial charge in [0, 0.05) is 19.3 Å². The minimum absolute atomic E-state index is 0.0382. The fourth-order valence-corrected chi connectivity index (χ4v) is 3.10. The molecule has 1 fully saturated rings. The molecule has 0 spiro atoms. The zero-order chi connectivity index (χ0) is 13.8. The number of hydrogen-bond acceptors (Lipinski definition) is 4. The quantitative estimate of drug-likeness (QED) is 0.801. The van der Waals surface area contributed by atoms with Crippen LogP contribution in [0.3, 0.4) is 0 Å². The first kappa shape index (κ1) is 14.3. The number of aryl methyl sites for hydroxylation is 1. The van der Waals surface area contributed by atoms with Crippen LogP contribution in [0.25, 0.3) is 0 Å². The van der Waals surface area contributed by atoms with Crippen molar-refractivity contribution in [3.05, 3.63) is 22.3 Å². The van der Waals surface area contributed by atoms with E-state index < -0.39 is 0 Å². The number of esters is 1. The number of aromatic nitrogens is 1. The Morgan fingerprint density at radius 3 is 3.11 bits per heavy atom. The molecule has 5 heteroatoms. The van der Waals surface area contributed by atoms with E-state index >= 15 is 0 Å². The molecule has 1 aromatic rings. The van der Waals surface area contributed by atoms with Crippen LogP contribution in [-0.2, 0) is 9.53 Å². The lowest BCUT2D eigenvalue weighted by molar-refractivity contribution is -0.148. The summed E-state index contributed by atoms with van der Waals surface area (Å²) in [5.74, 6) is 0.790. The Labute approximate surface area is 122 Å². The van der Waals surface area contributed by atoms with E-state index in [0.29, 0.717) is 13.2 Å². The minimum atomic E-state index is -0.0876. The van der Waals surface area contributed by atoms with Crippen molar-refractivity contribution in [1.82, 2.24) is 4.98 Å². The lowest BCUT2D eigenvalue weighted by atomic mass is 9.98. The third-order valence-electron chi connectivity index (χ3n) is 3.30. The normalized spacial score (nSPS) is 19.3. The molecule has 1 saturated heterocycles. The standard InChI is InChI=1S/C14H19BrN2O2/c1-3-19-14(18)11-5-4-6-17(9-11)13-12(15)7-10(2)8-16-13/h7-8,11H,3-6,9H2,1-2H3. The van der Waals surface area contributed by atoms with Crippen molar-refractivity contribution in [2.45, 2.75) is 26.7 Å². The molecule has 2 heterocycles. The number of halogens is 1. The van der Waals surface area contributed by atoms with Crippen LogP contribution in [0.4, 0.5) is 5.82 Å². The molecule has 19 heavy (non-hydrogen) atoms. The minimum Gasteiger partial charge on any atom is -0.466 e. The van der Waals surface area contributed by atoms with Crippen LogP contribution in [0.5, 0.6) is 0 Å². The van der Waals surface area contributed by atoms with Gasteiger partial charge in [0.25, 0.3) is 0 Å².